The number of carbonyl (C=O) groups is 3. The fourth-order valence-electron chi connectivity index (χ4n) is 0.621. The molecule has 0 rings (SSSR count). The van der Waals surface area contributed by atoms with E-state index in [1.807, 2.05) is 0 Å². The molecular weight excluding hydrogens is 172 g/mol. The van der Waals surface area contributed by atoms with Crippen molar-refractivity contribution in [2.24, 2.45) is 0 Å². The third-order valence-electron chi connectivity index (χ3n) is 1.35. The molecule has 74 valence electrons. The van der Waals surface area contributed by atoms with E-state index in [1.54, 1.807) is 14.1 Å². The minimum atomic E-state index is -0.414. The van der Waals surface area contributed by atoms with Gasteiger partial charge in [-0.2, -0.15) is 0 Å². The zero-order valence-electron chi connectivity index (χ0n) is 8.09. The molecule has 0 bridgehead atoms. The number of hydrogen-bond donors (Lipinski definition) is 1. The third-order valence-corrected chi connectivity index (χ3v) is 1.35. The quantitative estimate of drug-likeness (QED) is 0.583. The van der Waals surface area contributed by atoms with Crippen LogP contribution in [0.2, 0.25) is 0 Å². The number of amides is 2. The molecule has 0 atom stereocenters. The van der Waals surface area contributed by atoms with Gasteiger partial charge in [0.15, 0.2) is 0 Å². The smallest absolute Gasteiger partial charge is 0.241 e. The summed E-state index contributed by atoms with van der Waals surface area (Å²) >= 11 is 0. The van der Waals surface area contributed by atoms with Gasteiger partial charge in [-0.3, -0.25) is 14.4 Å². The van der Waals surface area contributed by atoms with Gasteiger partial charge in [0, 0.05) is 14.1 Å². The van der Waals surface area contributed by atoms with Gasteiger partial charge >= 0.3 is 0 Å². The Bertz CT molecular complexity index is 223. The van der Waals surface area contributed by atoms with Crippen LogP contribution >= 0.6 is 0 Å². The lowest BCUT2D eigenvalue weighted by Gasteiger charge is -2.10. The molecule has 0 aliphatic carbocycles. The highest BCUT2D eigenvalue weighted by atomic mass is 16.2. The van der Waals surface area contributed by atoms with Gasteiger partial charge in [-0.25, -0.2) is 0 Å². The van der Waals surface area contributed by atoms with Gasteiger partial charge in [-0.15, -0.1) is 0 Å². The summed E-state index contributed by atoms with van der Waals surface area (Å²) in [6.07, 6.45) is -0.166. The van der Waals surface area contributed by atoms with E-state index < -0.39 is 5.91 Å². The van der Waals surface area contributed by atoms with E-state index in [0.717, 1.165) is 0 Å². The van der Waals surface area contributed by atoms with E-state index in [9.17, 15) is 14.4 Å². The van der Waals surface area contributed by atoms with E-state index in [2.05, 4.69) is 5.32 Å². The highest BCUT2D eigenvalue weighted by molar-refractivity contribution is 5.97. The SMILES string of the molecule is CC(=O)CC(=O)NCC(=O)N(C)C. The Labute approximate surface area is 77.1 Å². The van der Waals surface area contributed by atoms with Crippen LogP contribution in [0.1, 0.15) is 13.3 Å². The van der Waals surface area contributed by atoms with Gasteiger partial charge in [0.25, 0.3) is 0 Å². The van der Waals surface area contributed by atoms with E-state index in [1.165, 1.54) is 11.8 Å². The Morgan fingerprint density at radius 3 is 2.15 bits per heavy atom. The lowest BCUT2D eigenvalue weighted by molar-refractivity contribution is -0.132. The number of likely N-dealkylation sites (N-methyl/N-ethyl adjacent to an activating group) is 1. The molecule has 0 aromatic heterocycles. The summed E-state index contributed by atoms with van der Waals surface area (Å²) in [4.78, 5) is 33.7. The van der Waals surface area contributed by atoms with Crippen molar-refractivity contribution in [2.45, 2.75) is 13.3 Å². The average molecular weight is 186 g/mol. The summed E-state index contributed by atoms with van der Waals surface area (Å²) in [5, 5.41) is 2.34. The predicted molar refractivity (Wildman–Crippen MR) is 47.0 cm³/mol. The number of nitrogens with zero attached hydrogens (tertiary/aromatic N) is 1. The Kier molecular flexibility index (Phi) is 4.72. The molecule has 0 aliphatic rings. The summed E-state index contributed by atoms with van der Waals surface area (Å²) < 4.78 is 0. The van der Waals surface area contributed by atoms with E-state index >= 15 is 0 Å². The Morgan fingerprint density at radius 1 is 1.23 bits per heavy atom. The summed E-state index contributed by atoms with van der Waals surface area (Å²) in [5.74, 6) is -0.825. The predicted octanol–water partition coefficient (Wildman–Crippen LogP) is -0.830. The molecule has 0 aliphatic heterocycles. The molecule has 1 N–H and O–H groups in total. The highest BCUT2D eigenvalue weighted by Gasteiger charge is 2.08. The van der Waals surface area contributed by atoms with Crippen molar-refractivity contribution in [3.8, 4) is 0 Å². The lowest BCUT2D eigenvalue weighted by atomic mass is 10.3. The van der Waals surface area contributed by atoms with Crippen molar-refractivity contribution in [1.82, 2.24) is 10.2 Å². The largest absolute Gasteiger partial charge is 0.347 e. The van der Waals surface area contributed by atoms with Crippen molar-refractivity contribution in [2.75, 3.05) is 20.6 Å². The van der Waals surface area contributed by atoms with Crippen molar-refractivity contribution in [3.63, 3.8) is 0 Å². The molecule has 5 heteroatoms. The number of ketones is 1. The molecule has 0 unspecified atom stereocenters. The summed E-state index contributed by atoms with van der Waals surface area (Å²) in [6.45, 7) is 1.27. The molecule has 0 spiro atoms. The summed E-state index contributed by atoms with van der Waals surface area (Å²) in [6, 6.07) is 0. The van der Waals surface area contributed by atoms with Crippen LogP contribution in [0.4, 0.5) is 0 Å². The lowest BCUT2D eigenvalue weighted by Crippen LogP contribution is -2.36. The first-order valence-electron chi connectivity index (χ1n) is 3.89. The van der Waals surface area contributed by atoms with Crippen LogP contribution in [-0.4, -0.2) is 43.1 Å². The number of carbonyl (C=O) groups excluding carboxylic acids is 3. The van der Waals surface area contributed by atoms with E-state index in [0.29, 0.717) is 0 Å². The molecule has 0 aromatic carbocycles. The highest BCUT2D eigenvalue weighted by Crippen LogP contribution is 1.82. The van der Waals surface area contributed by atoms with Gasteiger partial charge in [0.1, 0.15) is 5.78 Å². The Morgan fingerprint density at radius 2 is 1.77 bits per heavy atom. The molecule has 2 amide bonds. The minimum absolute atomic E-state index is 0.0564. The van der Waals surface area contributed by atoms with Crippen molar-refractivity contribution < 1.29 is 14.4 Å². The fourth-order valence-corrected chi connectivity index (χ4v) is 0.621. The van der Waals surface area contributed by atoms with Crippen LogP contribution in [0.5, 0.6) is 0 Å². The zero-order chi connectivity index (χ0) is 10.4. The molecule has 0 fully saturated rings. The third kappa shape index (κ3) is 5.84. The topological polar surface area (TPSA) is 66.5 Å². The first-order valence-corrected chi connectivity index (χ1v) is 3.89. The molecule has 0 heterocycles. The Hall–Kier alpha value is -1.39. The van der Waals surface area contributed by atoms with Gasteiger partial charge in [0.05, 0.1) is 13.0 Å². The second-order valence-corrected chi connectivity index (χ2v) is 2.94. The van der Waals surface area contributed by atoms with Crippen LogP contribution in [0.25, 0.3) is 0 Å². The van der Waals surface area contributed by atoms with Crippen LogP contribution in [-0.2, 0) is 14.4 Å². The number of hydrogen-bond acceptors (Lipinski definition) is 3. The zero-order valence-corrected chi connectivity index (χ0v) is 8.09. The maximum atomic E-state index is 11.0. The van der Waals surface area contributed by atoms with Crippen LogP contribution in [0.3, 0.4) is 0 Å². The number of nitrogens with one attached hydrogen (secondary N) is 1. The average Bonchev–Trinajstić information content (AvgIpc) is 1.98. The van der Waals surface area contributed by atoms with Crippen LogP contribution in [0.15, 0.2) is 0 Å². The monoisotopic (exact) mass is 186 g/mol. The molecule has 0 saturated heterocycles. The summed E-state index contributed by atoms with van der Waals surface area (Å²) in [5.41, 5.74) is 0. The van der Waals surface area contributed by atoms with Crippen molar-refractivity contribution >= 4 is 17.6 Å². The van der Waals surface area contributed by atoms with Gasteiger partial charge in [0.2, 0.25) is 11.8 Å². The molecule has 0 saturated carbocycles. The standard InChI is InChI=1S/C8H14N2O3/c1-6(11)4-7(12)9-5-8(13)10(2)3/h4-5H2,1-3H3,(H,9,12). The molecule has 0 radical (unpaired) electrons. The fraction of sp³-hybridized carbons (Fsp3) is 0.625. The van der Waals surface area contributed by atoms with Crippen LogP contribution in [0, 0.1) is 0 Å². The van der Waals surface area contributed by atoms with Gasteiger partial charge in [-0.05, 0) is 6.92 Å². The first-order chi connectivity index (χ1) is 5.93. The molecule has 5 nitrogen and oxygen atoms in total. The normalized spacial score (nSPS) is 9.15. The maximum Gasteiger partial charge on any atom is 0.241 e. The minimum Gasteiger partial charge on any atom is -0.347 e. The maximum absolute atomic E-state index is 11.0. The van der Waals surface area contributed by atoms with E-state index in [4.69, 9.17) is 0 Å². The van der Waals surface area contributed by atoms with Gasteiger partial charge in [-0.1, -0.05) is 0 Å². The second kappa shape index (κ2) is 5.29. The number of Topliss-reactive ketones (excluding diaryl/α,β-unsaturated/α-hetero) is 1. The van der Waals surface area contributed by atoms with E-state index in [-0.39, 0.29) is 24.7 Å². The Balaban J connectivity index is 3.70. The summed E-state index contributed by atoms with van der Waals surface area (Å²) in [7, 11) is 3.19. The van der Waals surface area contributed by atoms with Crippen molar-refractivity contribution in [3.05, 3.63) is 0 Å². The number of rotatable bonds is 4. The van der Waals surface area contributed by atoms with Crippen LogP contribution < -0.4 is 5.32 Å². The first kappa shape index (κ1) is 11.6. The molecule has 13 heavy (non-hydrogen) atoms. The van der Waals surface area contributed by atoms with Gasteiger partial charge < -0.3 is 10.2 Å². The second-order valence-electron chi connectivity index (χ2n) is 2.94. The molecular formula is C8H14N2O3. The molecule has 0 aromatic rings. The van der Waals surface area contributed by atoms with Crippen molar-refractivity contribution in [1.29, 1.82) is 0 Å².